The monoisotopic (exact) mass is 572 g/mol. The predicted octanol–water partition coefficient (Wildman–Crippen LogP) is 6.80. The quantitative estimate of drug-likeness (QED) is 0.266. The van der Waals surface area contributed by atoms with Crippen LogP contribution in [0.25, 0.3) is 23.5 Å². The standard InChI is InChI=1S/C25H22Cl2N4O.3ClH/c1-16-19(13-20-21(26)3-2-4-22(20)27)24(32)10-12-31(16)11-9-17-5-7-18(8-6-17)23-15-29-25(14-28)30-23;;;/h2-12,15H,13-14,28H2,1H3,(H,29,30);3*1H/b11-9+;;;. The highest BCUT2D eigenvalue weighted by Crippen LogP contribution is 2.27. The summed E-state index contributed by atoms with van der Waals surface area (Å²) in [7, 11) is 0. The molecule has 2 aromatic heterocycles. The summed E-state index contributed by atoms with van der Waals surface area (Å²) in [4.78, 5) is 20.0. The molecular weight excluding hydrogens is 550 g/mol. The highest BCUT2D eigenvalue weighted by atomic mass is 35.5. The first-order valence-corrected chi connectivity index (χ1v) is 10.9. The van der Waals surface area contributed by atoms with Crippen molar-refractivity contribution >= 4 is 72.7 Å². The Morgan fingerprint density at radius 2 is 1.66 bits per heavy atom. The van der Waals surface area contributed by atoms with E-state index >= 15 is 0 Å². The van der Waals surface area contributed by atoms with Gasteiger partial charge in [-0.1, -0.05) is 53.5 Å². The van der Waals surface area contributed by atoms with Gasteiger partial charge in [-0.25, -0.2) is 4.98 Å². The van der Waals surface area contributed by atoms with E-state index in [2.05, 4.69) is 9.97 Å². The number of aromatic amines is 1. The van der Waals surface area contributed by atoms with Gasteiger partial charge in [0.1, 0.15) is 5.82 Å². The average molecular weight is 575 g/mol. The summed E-state index contributed by atoms with van der Waals surface area (Å²) in [6.45, 7) is 2.30. The number of benzene rings is 2. The number of nitrogens with two attached hydrogens (primary N) is 1. The number of aromatic nitrogens is 3. The number of pyridine rings is 1. The molecule has 0 saturated heterocycles. The Bertz CT molecular complexity index is 1330. The second-order valence-corrected chi connectivity index (χ2v) is 8.23. The van der Waals surface area contributed by atoms with Crippen molar-refractivity contribution in [2.24, 2.45) is 5.73 Å². The first-order chi connectivity index (χ1) is 15.5. The normalized spacial score (nSPS) is 10.4. The van der Waals surface area contributed by atoms with Crippen molar-refractivity contribution < 1.29 is 0 Å². The zero-order valence-corrected chi connectivity index (χ0v) is 22.7. The number of halogens is 5. The molecule has 0 saturated carbocycles. The average Bonchev–Trinajstić information content (AvgIpc) is 3.27. The van der Waals surface area contributed by atoms with Gasteiger partial charge in [0.15, 0.2) is 5.43 Å². The zero-order chi connectivity index (χ0) is 22.7. The predicted molar refractivity (Wildman–Crippen MR) is 154 cm³/mol. The van der Waals surface area contributed by atoms with Crippen molar-refractivity contribution in [1.29, 1.82) is 0 Å². The molecule has 0 aliphatic rings. The third-order valence-corrected chi connectivity index (χ3v) is 6.10. The zero-order valence-electron chi connectivity index (χ0n) is 18.7. The van der Waals surface area contributed by atoms with Crippen molar-refractivity contribution in [3.05, 3.63) is 109 Å². The van der Waals surface area contributed by atoms with Crippen LogP contribution >= 0.6 is 60.4 Å². The summed E-state index contributed by atoms with van der Waals surface area (Å²) in [6, 6.07) is 15.0. The van der Waals surface area contributed by atoms with Gasteiger partial charge >= 0.3 is 0 Å². The first kappa shape index (κ1) is 30.8. The van der Waals surface area contributed by atoms with Gasteiger partial charge in [-0.3, -0.25) is 4.79 Å². The Labute approximate surface area is 232 Å². The van der Waals surface area contributed by atoms with Crippen LogP contribution in [0.2, 0.25) is 10.0 Å². The molecule has 0 radical (unpaired) electrons. The largest absolute Gasteiger partial charge is 0.341 e. The highest BCUT2D eigenvalue weighted by Gasteiger charge is 2.12. The molecule has 0 fully saturated rings. The summed E-state index contributed by atoms with van der Waals surface area (Å²) in [5.41, 5.74) is 10.8. The second kappa shape index (κ2) is 13.7. The number of imidazole rings is 1. The lowest BCUT2D eigenvalue weighted by Gasteiger charge is -2.12. The van der Waals surface area contributed by atoms with Crippen LogP contribution in [0, 0.1) is 6.92 Å². The number of H-pyrrole nitrogens is 1. The van der Waals surface area contributed by atoms with E-state index in [1.165, 1.54) is 0 Å². The van der Waals surface area contributed by atoms with Crippen LogP contribution in [0.4, 0.5) is 0 Å². The number of rotatable bonds is 6. The van der Waals surface area contributed by atoms with Crippen LogP contribution in [0.15, 0.2) is 65.7 Å². The van der Waals surface area contributed by atoms with Gasteiger partial charge in [-0.2, -0.15) is 0 Å². The van der Waals surface area contributed by atoms with Gasteiger partial charge in [-0.15, -0.1) is 37.2 Å². The molecule has 0 unspecified atom stereocenters. The van der Waals surface area contributed by atoms with Crippen molar-refractivity contribution in [2.45, 2.75) is 19.9 Å². The number of hydrogen-bond acceptors (Lipinski definition) is 3. The molecule has 2 heterocycles. The molecule has 186 valence electrons. The Kier molecular flexibility index (Phi) is 12.1. The summed E-state index contributed by atoms with van der Waals surface area (Å²) in [6.07, 6.45) is 7.85. The van der Waals surface area contributed by atoms with Crippen LogP contribution in [-0.2, 0) is 13.0 Å². The van der Waals surface area contributed by atoms with E-state index in [9.17, 15) is 4.79 Å². The molecule has 0 amide bonds. The smallest absolute Gasteiger partial charge is 0.185 e. The number of hydrogen-bond donors (Lipinski definition) is 2. The van der Waals surface area contributed by atoms with Gasteiger partial charge in [0.05, 0.1) is 18.4 Å². The summed E-state index contributed by atoms with van der Waals surface area (Å²) >= 11 is 12.6. The summed E-state index contributed by atoms with van der Waals surface area (Å²) in [5, 5.41) is 1.11. The Morgan fingerprint density at radius 1 is 1.00 bits per heavy atom. The lowest BCUT2D eigenvalue weighted by molar-refractivity contribution is 0.950. The fourth-order valence-electron chi connectivity index (χ4n) is 3.50. The van der Waals surface area contributed by atoms with Crippen LogP contribution in [0.5, 0.6) is 0 Å². The lowest BCUT2D eigenvalue weighted by atomic mass is 10.0. The molecule has 0 aliphatic carbocycles. The van der Waals surface area contributed by atoms with Gasteiger partial charge in [0, 0.05) is 46.2 Å². The van der Waals surface area contributed by atoms with Crippen LogP contribution in [-0.4, -0.2) is 14.5 Å². The Balaban J connectivity index is 0.00000204. The van der Waals surface area contributed by atoms with Crippen molar-refractivity contribution in [1.82, 2.24) is 14.5 Å². The maximum atomic E-state index is 12.5. The van der Waals surface area contributed by atoms with Crippen LogP contribution < -0.4 is 11.2 Å². The molecule has 10 heteroatoms. The van der Waals surface area contributed by atoms with Gasteiger partial charge < -0.3 is 15.3 Å². The highest BCUT2D eigenvalue weighted by molar-refractivity contribution is 6.36. The molecule has 5 nitrogen and oxygen atoms in total. The van der Waals surface area contributed by atoms with Gasteiger partial charge in [-0.05, 0) is 41.8 Å². The fourth-order valence-corrected chi connectivity index (χ4v) is 4.03. The maximum absolute atomic E-state index is 12.5. The molecule has 0 bridgehead atoms. The van der Waals surface area contributed by atoms with Crippen molar-refractivity contribution in [3.8, 4) is 11.3 Å². The van der Waals surface area contributed by atoms with Crippen molar-refractivity contribution in [2.75, 3.05) is 0 Å². The van der Waals surface area contributed by atoms with E-state index in [0.717, 1.165) is 33.9 Å². The number of nitrogens with zero attached hydrogens (tertiary/aromatic N) is 2. The molecule has 3 N–H and O–H groups in total. The fraction of sp³-hybridized carbons (Fsp3) is 0.120. The summed E-state index contributed by atoms with van der Waals surface area (Å²) < 4.78 is 1.93. The minimum atomic E-state index is -0.0381. The van der Waals surface area contributed by atoms with E-state index in [-0.39, 0.29) is 42.6 Å². The van der Waals surface area contributed by atoms with Crippen molar-refractivity contribution in [3.63, 3.8) is 0 Å². The molecular formula is C25H25Cl5N4O. The van der Waals surface area contributed by atoms with Crippen LogP contribution in [0.3, 0.4) is 0 Å². The molecule has 0 spiro atoms. The third kappa shape index (κ3) is 7.14. The van der Waals surface area contributed by atoms with E-state index in [1.807, 2.05) is 48.0 Å². The molecule has 4 rings (SSSR count). The Morgan fingerprint density at radius 3 is 2.26 bits per heavy atom. The minimum absolute atomic E-state index is 0. The first-order valence-electron chi connectivity index (χ1n) is 10.1. The van der Waals surface area contributed by atoms with Gasteiger partial charge in [0.25, 0.3) is 0 Å². The molecule has 2 aromatic carbocycles. The van der Waals surface area contributed by atoms with E-state index in [1.54, 1.807) is 36.7 Å². The summed E-state index contributed by atoms with van der Waals surface area (Å²) in [5.74, 6) is 0.756. The topological polar surface area (TPSA) is 76.7 Å². The molecule has 35 heavy (non-hydrogen) atoms. The van der Waals surface area contributed by atoms with E-state index in [0.29, 0.717) is 28.6 Å². The minimum Gasteiger partial charge on any atom is -0.341 e. The molecule has 0 aliphatic heterocycles. The number of nitrogens with one attached hydrogen (secondary N) is 1. The Hall–Kier alpha value is -2.25. The van der Waals surface area contributed by atoms with E-state index in [4.69, 9.17) is 28.9 Å². The second-order valence-electron chi connectivity index (χ2n) is 7.41. The molecule has 0 atom stereocenters. The van der Waals surface area contributed by atoms with E-state index < -0.39 is 0 Å². The molecule has 4 aromatic rings. The SMILES string of the molecule is Cc1c(Cc2c(Cl)cccc2Cl)c(=O)ccn1/C=C/c1ccc(-c2cnc(CN)[nH]2)cc1.Cl.Cl.Cl. The third-order valence-electron chi connectivity index (χ3n) is 5.39. The van der Waals surface area contributed by atoms with Gasteiger partial charge in [0.2, 0.25) is 0 Å². The van der Waals surface area contributed by atoms with Crippen LogP contribution in [0.1, 0.15) is 28.2 Å². The lowest BCUT2D eigenvalue weighted by Crippen LogP contribution is -2.15. The maximum Gasteiger partial charge on any atom is 0.185 e.